The number of morpholine rings is 1. The monoisotopic (exact) mass is 461 g/mol. The van der Waals surface area contributed by atoms with Gasteiger partial charge < -0.3 is 14.6 Å². The summed E-state index contributed by atoms with van der Waals surface area (Å²) >= 11 is 0. The van der Waals surface area contributed by atoms with Crippen molar-refractivity contribution in [3.63, 3.8) is 0 Å². The molecular weight excluding hydrogens is 437 g/mol. The van der Waals surface area contributed by atoms with Crippen molar-refractivity contribution in [2.75, 3.05) is 31.6 Å². The number of hydrogen-bond acceptors (Lipinski definition) is 5. The van der Waals surface area contributed by atoms with Crippen molar-refractivity contribution in [2.45, 2.75) is 18.7 Å². The predicted octanol–water partition coefficient (Wildman–Crippen LogP) is 2.24. The third-order valence-corrected chi connectivity index (χ3v) is 7.33. The summed E-state index contributed by atoms with van der Waals surface area (Å²) in [4.78, 5) is 12.6. The number of halogens is 1. The average molecular weight is 462 g/mol. The fourth-order valence-electron chi connectivity index (χ4n) is 3.76. The van der Waals surface area contributed by atoms with Crippen LogP contribution in [-0.4, -0.2) is 59.3 Å². The van der Waals surface area contributed by atoms with Crippen LogP contribution in [0.3, 0.4) is 0 Å². The van der Waals surface area contributed by atoms with Crippen LogP contribution < -0.4 is 5.32 Å². The molecule has 2 aromatic heterocycles. The molecule has 1 fully saturated rings. The molecule has 1 aliphatic heterocycles. The van der Waals surface area contributed by atoms with Crippen molar-refractivity contribution in [3.05, 3.63) is 59.3 Å². The number of carbonyl (C=O) groups is 1. The Bertz CT molecular complexity index is 1260. The van der Waals surface area contributed by atoms with Gasteiger partial charge in [-0.1, -0.05) is 0 Å². The molecule has 170 valence electrons. The molecule has 32 heavy (non-hydrogen) atoms. The number of aryl methyl sites for hydroxylation is 3. The summed E-state index contributed by atoms with van der Waals surface area (Å²) in [5.41, 5.74) is 2.33. The Morgan fingerprint density at radius 2 is 1.78 bits per heavy atom. The molecule has 9 nitrogen and oxygen atoms in total. The van der Waals surface area contributed by atoms with E-state index < -0.39 is 26.6 Å². The van der Waals surface area contributed by atoms with Crippen LogP contribution in [0.25, 0.3) is 5.82 Å². The number of rotatable bonds is 5. The maximum atomic E-state index is 14.5. The van der Waals surface area contributed by atoms with Crippen LogP contribution in [0, 0.1) is 19.7 Å². The Kier molecular flexibility index (Phi) is 5.89. The van der Waals surface area contributed by atoms with Gasteiger partial charge in [-0.3, -0.25) is 9.48 Å². The highest BCUT2D eigenvalue weighted by Gasteiger charge is 2.29. The minimum absolute atomic E-state index is 0.146. The molecule has 1 aromatic carbocycles. The van der Waals surface area contributed by atoms with Gasteiger partial charge >= 0.3 is 0 Å². The number of ether oxygens (including phenoxy) is 1. The number of aromatic nitrogens is 3. The van der Waals surface area contributed by atoms with Crippen LogP contribution in [-0.2, 0) is 21.8 Å². The van der Waals surface area contributed by atoms with Gasteiger partial charge in [-0.15, -0.1) is 0 Å². The van der Waals surface area contributed by atoms with Gasteiger partial charge in [0.05, 0.1) is 19.4 Å². The van der Waals surface area contributed by atoms with Gasteiger partial charge in [-0.25, -0.2) is 12.8 Å². The first kappa shape index (κ1) is 22.2. The highest BCUT2D eigenvalue weighted by molar-refractivity contribution is 7.89. The molecule has 3 aromatic rings. The third kappa shape index (κ3) is 3.94. The van der Waals surface area contributed by atoms with Crippen molar-refractivity contribution < 1.29 is 22.3 Å². The van der Waals surface area contributed by atoms with E-state index in [0.717, 1.165) is 23.5 Å². The summed E-state index contributed by atoms with van der Waals surface area (Å²) in [5.74, 6) is -0.789. The van der Waals surface area contributed by atoms with Crippen molar-refractivity contribution in [2.24, 2.45) is 7.05 Å². The number of nitrogens with zero attached hydrogens (tertiary/aromatic N) is 4. The van der Waals surface area contributed by atoms with Crippen molar-refractivity contribution >= 4 is 21.6 Å². The molecule has 0 unspecified atom stereocenters. The first-order valence-electron chi connectivity index (χ1n) is 10.1. The number of hydrogen-bond donors (Lipinski definition) is 1. The number of benzene rings is 1. The lowest BCUT2D eigenvalue weighted by Crippen LogP contribution is -2.40. The minimum atomic E-state index is -4.06. The second kappa shape index (κ2) is 8.49. The van der Waals surface area contributed by atoms with Crippen LogP contribution >= 0.6 is 0 Å². The number of sulfonamides is 1. The number of carbonyl (C=O) groups excluding carboxylic acids is 1. The molecule has 1 N–H and O–H groups in total. The second-order valence-corrected chi connectivity index (χ2v) is 9.48. The minimum Gasteiger partial charge on any atom is -0.379 e. The fourth-order valence-corrected chi connectivity index (χ4v) is 5.26. The van der Waals surface area contributed by atoms with Crippen LogP contribution in [0.4, 0.5) is 10.1 Å². The molecule has 1 saturated heterocycles. The zero-order chi connectivity index (χ0) is 23.0. The van der Waals surface area contributed by atoms with Gasteiger partial charge in [-0.05, 0) is 44.2 Å². The smallest absolute Gasteiger partial charge is 0.261 e. The van der Waals surface area contributed by atoms with Crippen LogP contribution in [0.2, 0.25) is 0 Å². The Morgan fingerprint density at radius 1 is 1.12 bits per heavy atom. The molecule has 1 amide bonds. The second-order valence-electron chi connectivity index (χ2n) is 7.57. The standard InChI is InChI=1S/C21H24FN5O4S/c1-14-4-5-15(2)27(14)21-17(13-23-25(21)3)20(28)24-16-6-7-18(22)19(12-16)32(29,30)26-8-10-31-11-9-26/h4-7,12-13H,8-11H2,1-3H3,(H,24,28). The summed E-state index contributed by atoms with van der Waals surface area (Å²) < 4.78 is 50.1. The van der Waals surface area contributed by atoms with E-state index in [2.05, 4.69) is 10.4 Å². The highest BCUT2D eigenvalue weighted by atomic mass is 32.2. The topological polar surface area (TPSA) is 98.5 Å². The fraction of sp³-hybridized carbons (Fsp3) is 0.333. The quantitative estimate of drug-likeness (QED) is 0.628. The lowest BCUT2D eigenvalue weighted by molar-refractivity contribution is 0.0729. The highest BCUT2D eigenvalue weighted by Crippen LogP contribution is 2.25. The van der Waals surface area contributed by atoms with Crippen LogP contribution in [0.5, 0.6) is 0 Å². The molecular formula is C21H24FN5O4S. The molecule has 0 spiro atoms. The molecule has 3 heterocycles. The Morgan fingerprint density at radius 3 is 2.44 bits per heavy atom. The Labute approximate surface area is 185 Å². The molecule has 0 atom stereocenters. The van der Waals surface area contributed by atoms with Gasteiger partial charge in [-0.2, -0.15) is 9.40 Å². The van der Waals surface area contributed by atoms with Gasteiger partial charge in [0.25, 0.3) is 5.91 Å². The maximum Gasteiger partial charge on any atom is 0.261 e. The summed E-state index contributed by atoms with van der Waals surface area (Å²) in [5, 5.41) is 6.89. The first-order valence-corrected chi connectivity index (χ1v) is 11.5. The third-order valence-electron chi connectivity index (χ3n) is 5.41. The van der Waals surface area contributed by atoms with Crippen molar-refractivity contribution in [3.8, 4) is 5.82 Å². The summed E-state index contributed by atoms with van der Waals surface area (Å²) in [6.07, 6.45) is 1.44. The van der Waals surface area contributed by atoms with Crippen molar-refractivity contribution in [1.82, 2.24) is 18.7 Å². The number of amides is 1. The van der Waals surface area contributed by atoms with Crippen molar-refractivity contribution in [1.29, 1.82) is 0 Å². The average Bonchev–Trinajstić information content (AvgIpc) is 3.30. The zero-order valence-corrected chi connectivity index (χ0v) is 18.8. The van der Waals surface area contributed by atoms with Crippen LogP contribution in [0.1, 0.15) is 21.7 Å². The van der Waals surface area contributed by atoms with E-state index in [-0.39, 0.29) is 32.0 Å². The molecule has 1 aliphatic rings. The van der Waals surface area contributed by atoms with E-state index in [0.29, 0.717) is 11.4 Å². The summed E-state index contributed by atoms with van der Waals surface area (Å²) in [7, 11) is -2.33. The molecule has 0 radical (unpaired) electrons. The van der Waals surface area contributed by atoms with E-state index in [4.69, 9.17) is 4.74 Å². The molecule has 0 bridgehead atoms. The van der Waals surface area contributed by atoms with Gasteiger partial charge in [0, 0.05) is 37.2 Å². The summed E-state index contributed by atoms with van der Waals surface area (Å²) in [6.45, 7) is 4.63. The van der Waals surface area contributed by atoms with E-state index in [1.165, 1.54) is 16.6 Å². The largest absolute Gasteiger partial charge is 0.379 e. The SMILES string of the molecule is Cc1ccc(C)n1-c1c(C(=O)Nc2ccc(F)c(S(=O)(=O)N3CCOCC3)c2)cnn1C. The number of nitrogens with one attached hydrogen (secondary N) is 1. The summed E-state index contributed by atoms with van der Waals surface area (Å²) in [6, 6.07) is 7.38. The first-order chi connectivity index (χ1) is 15.2. The molecule has 11 heteroatoms. The normalized spacial score (nSPS) is 15.1. The zero-order valence-electron chi connectivity index (χ0n) is 18.0. The molecule has 4 rings (SSSR count). The van der Waals surface area contributed by atoms with Crippen LogP contribution in [0.15, 0.2) is 41.4 Å². The molecule has 0 aliphatic carbocycles. The Hall–Kier alpha value is -3.02. The van der Waals surface area contributed by atoms with Gasteiger partial charge in [0.1, 0.15) is 22.1 Å². The van der Waals surface area contributed by atoms with E-state index >= 15 is 0 Å². The van der Waals surface area contributed by atoms with Gasteiger partial charge in [0.15, 0.2) is 0 Å². The lowest BCUT2D eigenvalue weighted by Gasteiger charge is -2.26. The molecule has 0 saturated carbocycles. The predicted molar refractivity (Wildman–Crippen MR) is 116 cm³/mol. The number of anilines is 1. The lowest BCUT2D eigenvalue weighted by atomic mass is 10.2. The van der Waals surface area contributed by atoms with E-state index in [1.807, 2.05) is 30.5 Å². The Balaban J connectivity index is 1.65. The van der Waals surface area contributed by atoms with E-state index in [1.54, 1.807) is 11.7 Å². The maximum absolute atomic E-state index is 14.5. The van der Waals surface area contributed by atoms with Gasteiger partial charge in [0.2, 0.25) is 10.0 Å². The van der Waals surface area contributed by atoms with E-state index in [9.17, 15) is 17.6 Å².